The fraction of sp³-hybridized carbons (Fsp3) is 0.190. The summed E-state index contributed by atoms with van der Waals surface area (Å²) in [4.78, 5) is 11.8. The Morgan fingerprint density at radius 2 is 1.85 bits per heavy atom. The first-order valence-electron chi connectivity index (χ1n) is 8.72. The fourth-order valence-corrected chi connectivity index (χ4v) is 2.71. The number of rotatable bonds is 6. The van der Waals surface area contributed by atoms with Gasteiger partial charge in [-0.15, -0.1) is 10.2 Å². The Morgan fingerprint density at radius 3 is 2.52 bits per heavy atom. The fourth-order valence-electron chi connectivity index (χ4n) is 2.71. The molecular weight excluding hydrogens is 343 g/mol. The molecule has 0 radical (unpaired) electrons. The molecule has 1 unspecified atom stereocenters. The molecule has 1 amide bonds. The van der Waals surface area contributed by atoms with Gasteiger partial charge in [0.05, 0.1) is 5.69 Å². The Kier molecular flexibility index (Phi) is 5.76. The maximum atomic E-state index is 13.0. The zero-order chi connectivity index (χ0) is 19.2. The van der Waals surface area contributed by atoms with Crippen LogP contribution in [-0.4, -0.2) is 29.7 Å². The highest BCUT2D eigenvalue weighted by Gasteiger charge is 2.08. The van der Waals surface area contributed by atoms with Crippen LogP contribution in [0.3, 0.4) is 0 Å². The van der Waals surface area contributed by atoms with Gasteiger partial charge in [0.15, 0.2) is 0 Å². The number of hydrogen-bond donors (Lipinski definition) is 2. The smallest absolute Gasteiger partial charge is 0.251 e. The highest BCUT2D eigenvalue weighted by molar-refractivity contribution is 5.95. The largest absolute Gasteiger partial charge is 0.368 e. The summed E-state index contributed by atoms with van der Waals surface area (Å²) in [6, 6.07) is 17.5. The Hall–Kier alpha value is -3.28. The zero-order valence-corrected chi connectivity index (χ0v) is 15.2. The first kappa shape index (κ1) is 18.5. The molecule has 2 N–H and O–H groups in total. The summed E-state index contributed by atoms with van der Waals surface area (Å²) in [5.74, 6) is 0.491. The quantitative estimate of drug-likeness (QED) is 0.697. The molecule has 138 valence electrons. The number of carbonyl (C=O) groups is 1. The summed E-state index contributed by atoms with van der Waals surface area (Å²) in [5.41, 5.74) is 3.15. The molecule has 5 nitrogen and oxygen atoms in total. The van der Waals surface area contributed by atoms with E-state index in [1.807, 2.05) is 24.3 Å². The van der Waals surface area contributed by atoms with Crippen LogP contribution >= 0.6 is 0 Å². The van der Waals surface area contributed by atoms with Crippen LogP contribution in [0.1, 0.15) is 28.8 Å². The van der Waals surface area contributed by atoms with Gasteiger partial charge >= 0.3 is 0 Å². The Morgan fingerprint density at radius 1 is 1.07 bits per heavy atom. The molecule has 3 rings (SSSR count). The van der Waals surface area contributed by atoms with Crippen LogP contribution < -0.4 is 10.6 Å². The number of hydrogen-bond acceptors (Lipinski definition) is 4. The Balaban J connectivity index is 1.65. The van der Waals surface area contributed by atoms with Gasteiger partial charge in [-0.3, -0.25) is 4.79 Å². The molecule has 0 spiro atoms. The molecule has 0 fully saturated rings. The van der Waals surface area contributed by atoms with Crippen LogP contribution in [0, 0.1) is 5.82 Å². The van der Waals surface area contributed by atoms with Gasteiger partial charge in [0.25, 0.3) is 5.91 Å². The zero-order valence-electron chi connectivity index (χ0n) is 15.2. The molecule has 6 heteroatoms. The lowest BCUT2D eigenvalue weighted by molar-refractivity contribution is 0.0963. The normalized spacial score (nSPS) is 11.7. The molecule has 0 aliphatic rings. The molecule has 0 aliphatic carbocycles. The van der Waals surface area contributed by atoms with Gasteiger partial charge < -0.3 is 10.6 Å². The number of carbonyl (C=O) groups excluding carboxylic acids is 1. The van der Waals surface area contributed by atoms with Crippen LogP contribution in [0.25, 0.3) is 11.3 Å². The van der Waals surface area contributed by atoms with Crippen molar-refractivity contribution < 1.29 is 9.18 Å². The molecule has 0 bridgehead atoms. The number of aromatic nitrogens is 2. The highest BCUT2D eigenvalue weighted by atomic mass is 19.1. The van der Waals surface area contributed by atoms with E-state index in [0.717, 1.165) is 11.1 Å². The minimum Gasteiger partial charge on any atom is -0.368 e. The first-order chi connectivity index (χ1) is 13.1. The van der Waals surface area contributed by atoms with E-state index in [4.69, 9.17) is 0 Å². The van der Waals surface area contributed by atoms with Gasteiger partial charge in [0, 0.05) is 24.7 Å². The third kappa shape index (κ3) is 4.67. The number of anilines is 1. The summed E-state index contributed by atoms with van der Waals surface area (Å²) in [6.45, 7) is 2.72. The van der Waals surface area contributed by atoms with Crippen LogP contribution in [0.2, 0.25) is 0 Å². The lowest BCUT2D eigenvalue weighted by atomic mass is 10.0. The molecule has 0 aliphatic heterocycles. The van der Waals surface area contributed by atoms with Crippen molar-refractivity contribution in [1.82, 2.24) is 15.5 Å². The SMILES string of the molecule is CNC(=O)c1cccc(-c2ccc(NCC(C)c3ccc(F)cc3)nn2)c1. The maximum absolute atomic E-state index is 13.0. The standard InChI is InChI=1S/C21H21FN4O/c1-14(15-6-8-18(22)9-7-15)13-24-20-11-10-19(25-26-20)16-4-3-5-17(12-16)21(27)23-2/h3-12,14H,13H2,1-2H3,(H,23,27)(H,24,26). The van der Waals surface area contributed by atoms with Crippen LogP contribution in [0.15, 0.2) is 60.7 Å². The van der Waals surface area contributed by atoms with Gasteiger partial charge in [-0.25, -0.2) is 4.39 Å². The van der Waals surface area contributed by atoms with Gasteiger partial charge in [0.1, 0.15) is 11.6 Å². The van der Waals surface area contributed by atoms with E-state index in [0.29, 0.717) is 23.6 Å². The van der Waals surface area contributed by atoms with Crippen molar-refractivity contribution in [1.29, 1.82) is 0 Å². The van der Waals surface area contributed by atoms with E-state index < -0.39 is 0 Å². The average Bonchev–Trinajstić information content (AvgIpc) is 2.72. The highest BCUT2D eigenvalue weighted by Crippen LogP contribution is 2.20. The van der Waals surface area contributed by atoms with E-state index in [1.165, 1.54) is 12.1 Å². The third-order valence-electron chi connectivity index (χ3n) is 4.34. The van der Waals surface area contributed by atoms with Gasteiger partial charge in [-0.1, -0.05) is 31.2 Å². The monoisotopic (exact) mass is 364 g/mol. The first-order valence-corrected chi connectivity index (χ1v) is 8.72. The van der Waals surface area contributed by atoms with Crippen LogP contribution in [-0.2, 0) is 0 Å². The Labute approximate surface area is 157 Å². The topological polar surface area (TPSA) is 66.9 Å². The second-order valence-corrected chi connectivity index (χ2v) is 6.30. The predicted octanol–water partition coefficient (Wildman–Crippen LogP) is 3.86. The average molecular weight is 364 g/mol. The van der Waals surface area contributed by atoms with Crippen LogP contribution in [0.5, 0.6) is 0 Å². The molecule has 1 aromatic heterocycles. The summed E-state index contributed by atoms with van der Waals surface area (Å²) < 4.78 is 13.0. The van der Waals surface area contributed by atoms with Gasteiger partial charge in [-0.2, -0.15) is 0 Å². The number of amides is 1. The summed E-state index contributed by atoms with van der Waals surface area (Å²) in [7, 11) is 1.60. The second-order valence-electron chi connectivity index (χ2n) is 6.30. The van der Waals surface area contributed by atoms with E-state index in [-0.39, 0.29) is 17.6 Å². The molecule has 0 saturated carbocycles. The summed E-state index contributed by atoms with van der Waals surface area (Å²) >= 11 is 0. The van der Waals surface area contributed by atoms with Crippen LogP contribution in [0.4, 0.5) is 10.2 Å². The van der Waals surface area contributed by atoms with Crippen molar-refractivity contribution in [2.24, 2.45) is 0 Å². The lowest BCUT2D eigenvalue weighted by Gasteiger charge is -2.13. The molecule has 0 saturated heterocycles. The summed E-state index contributed by atoms with van der Waals surface area (Å²) in [6.07, 6.45) is 0. The maximum Gasteiger partial charge on any atom is 0.251 e. The van der Waals surface area contributed by atoms with Crippen molar-refractivity contribution in [3.05, 3.63) is 77.6 Å². The molecule has 2 aromatic carbocycles. The number of nitrogens with one attached hydrogen (secondary N) is 2. The van der Waals surface area contributed by atoms with Crippen molar-refractivity contribution in [2.75, 3.05) is 18.9 Å². The van der Waals surface area contributed by atoms with Gasteiger partial charge in [-0.05, 0) is 47.9 Å². The lowest BCUT2D eigenvalue weighted by Crippen LogP contribution is -2.17. The predicted molar refractivity (Wildman–Crippen MR) is 104 cm³/mol. The minimum atomic E-state index is -0.235. The molecule has 1 atom stereocenters. The molecule has 27 heavy (non-hydrogen) atoms. The molecule has 1 heterocycles. The molecular formula is C21H21FN4O. The third-order valence-corrected chi connectivity index (χ3v) is 4.34. The number of halogens is 1. The Bertz CT molecular complexity index is 910. The minimum absolute atomic E-state index is 0.141. The van der Waals surface area contributed by atoms with E-state index >= 15 is 0 Å². The van der Waals surface area contributed by atoms with Crippen molar-refractivity contribution in [3.8, 4) is 11.3 Å². The molecule has 3 aromatic rings. The van der Waals surface area contributed by atoms with Gasteiger partial charge in [0.2, 0.25) is 0 Å². The van der Waals surface area contributed by atoms with Crippen molar-refractivity contribution in [2.45, 2.75) is 12.8 Å². The van der Waals surface area contributed by atoms with E-state index in [1.54, 1.807) is 31.3 Å². The summed E-state index contributed by atoms with van der Waals surface area (Å²) in [5, 5.41) is 14.3. The number of benzene rings is 2. The number of nitrogens with zero attached hydrogens (tertiary/aromatic N) is 2. The van der Waals surface area contributed by atoms with E-state index in [2.05, 4.69) is 27.8 Å². The van der Waals surface area contributed by atoms with Crippen molar-refractivity contribution in [3.63, 3.8) is 0 Å². The van der Waals surface area contributed by atoms with E-state index in [9.17, 15) is 9.18 Å². The van der Waals surface area contributed by atoms with Crippen molar-refractivity contribution >= 4 is 11.7 Å². The second kappa shape index (κ2) is 8.40.